The number of urea groups is 1. The molecule has 0 saturated heterocycles. The third kappa shape index (κ3) is 11.7. The van der Waals surface area contributed by atoms with Gasteiger partial charge in [-0.25, -0.2) is 4.79 Å². The maximum Gasteiger partial charge on any atom is 0.323 e. The molecule has 0 aliphatic rings. The van der Waals surface area contributed by atoms with Gasteiger partial charge in [0.1, 0.15) is 5.75 Å². The van der Waals surface area contributed by atoms with E-state index in [1.165, 1.54) is 75.5 Å². The molecular weight excluding hydrogens is 490 g/mol. The number of amides is 2. The van der Waals surface area contributed by atoms with Crippen LogP contribution in [0.3, 0.4) is 0 Å². The SMILES string of the molecule is CCCCCCCCCCCCCCOc1cccc(NC(=O)Nc2ccccc2C[n+]2csc(C)c2)c1. The molecule has 3 rings (SSSR count). The molecule has 2 N–H and O–H groups in total. The van der Waals surface area contributed by atoms with Crippen molar-refractivity contribution in [3.8, 4) is 5.75 Å². The first-order chi connectivity index (χ1) is 18.6. The third-order valence-corrected chi connectivity index (χ3v) is 7.55. The Labute approximate surface area is 233 Å². The molecule has 0 saturated carbocycles. The number of hydrogen-bond acceptors (Lipinski definition) is 3. The van der Waals surface area contributed by atoms with Crippen LogP contribution in [-0.4, -0.2) is 12.6 Å². The number of carbonyl (C=O) groups excluding carboxylic acids is 1. The topological polar surface area (TPSA) is 54.2 Å². The number of hydrogen-bond donors (Lipinski definition) is 2. The molecule has 3 aromatic rings. The van der Waals surface area contributed by atoms with Crippen LogP contribution in [0.2, 0.25) is 0 Å². The Morgan fingerprint density at radius 1 is 0.842 bits per heavy atom. The average Bonchev–Trinajstić information content (AvgIpc) is 3.32. The predicted molar refractivity (Wildman–Crippen MR) is 160 cm³/mol. The zero-order chi connectivity index (χ0) is 26.8. The second-order valence-corrected chi connectivity index (χ2v) is 11.2. The van der Waals surface area contributed by atoms with Crippen molar-refractivity contribution in [3.05, 3.63) is 70.7 Å². The van der Waals surface area contributed by atoms with Crippen molar-refractivity contribution in [2.75, 3.05) is 17.2 Å². The van der Waals surface area contributed by atoms with Gasteiger partial charge in [0.15, 0.2) is 12.7 Å². The highest BCUT2D eigenvalue weighted by atomic mass is 32.1. The van der Waals surface area contributed by atoms with Crippen LogP contribution in [0.25, 0.3) is 0 Å². The van der Waals surface area contributed by atoms with Crippen molar-refractivity contribution < 1.29 is 14.1 Å². The maximum absolute atomic E-state index is 12.7. The summed E-state index contributed by atoms with van der Waals surface area (Å²) in [6.07, 6.45) is 18.1. The highest BCUT2D eigenvalue weighted by Gasteiger charge is 2.12. The molecule has 5 nitrogen and oxygen atoms in total. The summed E-state index contributed by atoms with van der Waals surface area (Å²) in [5.41, 5.74) is 4.68. The lowest BCUT2D eigenvalue weighted by atomic mass is 10.1. The molecule has 0 fully saturated rings. The summed E-state index contributed by atoms with van der Waals surface area (Å²) in [5, 5.41) is 5.94. The van der Waals surface area contributed by atoms with Crippen molar-refractivity contribution in [2.45, 2.75) is 97.4 Å². The van der Waals surface area contributed by atoms with Crippen LogP contribution < -0.4 is 19.9 Å². The van der Waals surface area contributed by atoms with Gasteiger partial charge in [0.2, 0.25) is 5.51 Å². The van der Waals surface area contributed by atoms with E-state index in [0.29, 0.717) is 13.2 Å². The van der Waals surface area contributed by atoms with Gasteiger partial charge >= 0.3 is 6.03 Å². The molecule has 0 aliphatic heterocycles. The number of rotatable bonds is 18. The van der Waals surface area contributed by atoms with Crippen LogP contribution in [-0.2, 0) is 6.54 Å². The smallest absolute Gasteiger partial charge is 0.323 e. The fraction of sp³-hybridized carbons (Fsp3) is 0.500. The molecular formula is C32H46N3O2S+. The van der Waals surface area contributed by atoms with Crippen LogP contribution in [0, 0.1) is 6.92 Å². The molecule has 206 valence electrons. The van der Waals surface area contributed by atoms with Crippen LogP contribution in [0.4, 0.5) is 16.2 Å². The first-order valence-corrected chi connectivity index (χ1v) is 15.3. The number of nitrogens with zero attached hydrogens (tertiary/aromatic N) is 1. The molecule has 0 atom stereocenters. The lowest BCUT2D eigenvalue weighted by Crippen LogP contribution is -2.31. The van der Waals surface area contributed by atoms with Gasteiger partial charge in [-0.05, 0) is 31.5 Å². The fourth-order valence-corrected chi connectivity index (χ4v) is 5.22. The number of ether oxygens (including phenoxy) is 1. The number of nitrogens with one attached hydrogen (secondary N) is 2. The molecule has 0 bridgehead atoms. The molecule has 0 spiro atoms. The van der Waals surface area contributed by atoms with Crippen molar-refractivity contribution >= 4 is 28.7 Å². The first kappa shape index (κ1) is 29.7. The summed E-state index contributed by atoms with van der Waals surface area (Å²) in [7, 11) is 0. The van der Waals surface area contributed by atoms with Gasteiger partial charge in [0, 0.05) is 17.3 Å². The van der Waals surface area contributed by atoms with Gasteiger partial charge in [-0.2, -0.15) is 4.57 Å². The van der Waals surface area contributed by atoms with Gasteiger partial charge in [0.25, 0.3) is 0 Å². The van der Waals surface area contributed by atoms with E-state index in [4.69, 9.17) is 4.74 Å². The van der Waals surface area contributed by atoms with Gasteiger partial charge in [-0.3, -0.25) is 0 Å². The number of aromatic nitrogens is 1. The summed E-state index contributed by atoms with van der Waals surface area (Å²) in [6, 6.07) is 15.3. The Bertz CT molecular complexity index is 1080. The number of thiazole rings is 1. The number of aryl methyl sites for hydroxylation is 1. The highest BCUT2D eigenvalue weighted by Crippen LogP contribution is 2.20. The number of para-hydroxylation sites is 1. The zero-order valence-electron chi connectivity index (χ0n) is 23.3. The van der Waals surface area contributed by atoms with Gasteiger partial charge < -0.3 is 15.4 Å². The second kappa shape index (κ2) is 17.6. The monoisotopic (exact) mass is 536 g/mol. The van der Waals surface area contributed by atoms with Crippen LogP contribution >= 0.6 is 11.3 Å². The largest absolute Gasteiger partial charge is 0.494 e. The normalized spacial score (nSPS) is 10.9. The van der Waals surface area contributed by atoms with Crippen molar-refractivity contribution in [2.24, 2.45) is 0 Å². The third-order valence-electron chi connectivity index (χ3n) is 6.70. The standard InChI is InChI=1S/C32H45N3O2S/c1-3-4-5-6-7-8-9-10-11-12-13-16-22-37-30-20-17-19-29(23-30)33-32(36)34-31-21-15-14-18-28(31)25-35-24-27(2)38-26-35/h14-15,17-21,23-24,26H,3-13,16,22,25H2,1-2H3,(H-,33,34,36)/p+1. The van der Waals surface area contributed by atoms with E-state index in [0.717, 1.165) is 29.1 Å². The van der Waals surface area contributed by atoms with E-state index in [9.17, 15) is 4.79 Å². The molecule has 38 heavy (non-hydrogen) atoms. The summed E-state index contributed by atoms with van der Waals surface area (Å²) in [4.78, 5) is 14.0. The number of unbranched alkanes of at least 4 members (excludes halogenated alkanes) is 11. The van der Waals surface area contributed by atoms with Crippen LogP contribution in [0.1, 0.15) is 94.4 Å². The molecule has 0 radical (unpaired) electrons. The predicted octanol–water partition coefficient (Wildman–Crippen LogP) is 9.12. The Morgan fingerprint density at radius 3 is 2.21 bits per heavy atom. The lowest BCUT2D eigenvalue weighted by molar-refractivity contribution is -0.683. The molecule has 2 amide bonds. The summed E-state index contributed by atoms with van der Waals surface area (Å²) >= 11 is 1.71. The zero-order valence-corrected chi connectivity index (χ0v) is 24.2. The van der Waals surface area contributed by atoms with E-state index < -0.39 is 0 Å². The van der Waals surface area contributed by atoms with E-state index in [-0.39, 0.29) is 6.03 Å². The summed E-state index contributed by atoms with van der Waals surface area (Å²) < 4.78 is 8.09. The van der Waals surface area contributed by atoms with E-state index >= 15 is 0 Å². The van der Waals surface area contributed by atoms with E-state index in [2.05, 4.69) is 40.8 Å². The van der Waals surface area contributed by atoms with Crippen LogP contribution in [0.15, 0.2) is 60.2 Å². The van der Waals surface area contributed by atoms with Gasteiger partial charge in [-0.1, -0.05) is 113 Å². The summed E-state index contributed by atoms with van der Waals surface area (Å²) in [6.45, 7) is 5.79. The number of carbonyl (C=O) groups is 1. The molecule has 2 aromatic carbocycles. The lowest BCUT2D eigenvalue weighted by Gasteiger charge is -2.12. The average molecular weight is 537 g/mol. The Hall–Kier alpha value is -2.86. The Kier molecular flexibility index (Phi) is 13.8. The first-order valence-electron chi connectivity index (χ1n) is 14.5. The van der Waals surface area contributed by atoms with E-state index in [1.54, 1.807) is 11.3 Å². The highest BCUT2D eigenvalue weighted by molar-refractivity contribution is 7.09. The second-order valence-electron chi connectivity index (χ2n) is 10.1. The van der Waals surface area contributed by atoms with Crippen molar-refractivity contribution in [1.29, 1.82) is 0 Å². The molecule has 0 aliphatic carbocycles. The Balaban J connectivity index is 1.32. The number of benzene rings is 2. The minimum absolute atomic E-state index is 0.262. The maximum atomic E-state index is 12.7. The number of anilines is 2. The quantitative estimate of drug-likeness (QED) is 0.126. The molecule has 6 heteroatoms. The fourth-order valence-electron chi connectivity index (χ4n) is 4.59. The van der Waals surface area contributed by atoms with Gasteiger partial charge in [0.05, 0.1) is 17.2 Å². The van der Waals surface area contributed by atoms with Crippen molar-refractivity contribution in [1.82, 2.24) is 0 Å². The Morgan fingerprint density at radius 2 is 1.53 bits per heavy atom. The van der Waals surface area contributed by atoms with Gasteiger partial charge in [-0.15, -0.1) is 0 Å². The minimum Gasteiger partial charge on any atom is -0.494 e. The molecule has 0 unspecified atom stereocenters. The molecule has 1 aromatic heterocycles. The van der Waals surface area contributed by atoms with E-state index in [1.807, 2.05) is 48.5 Å². The minimum atomic E-state index is -0.262. The van der Waals surface area contributed by atoms with Crippen LogP contribution in [0.5, 0.6) is 5.75 Å². The summed E-state index contributed by atoms with van der Waals surface area (Å²) in [5.74, 6) is 0.788. The van der Waals surface area contributed by atoms with Crippen molar-refractivity contribution in [3.63, 3.8) is 0 Å². The molecule has 1 heterocycles.